The van der Waals surface area contributed by atoms with E-state index in [0.29, 0.717) is 12.2 Å². The molecule has 104 valence electrons. The summed E-state index contributed by atoms with van der Waals surface area (Å²) in [6, 6.07) is 5.80. The second-order valence-corrected chi connectivity index (χ2v) is 6.83. The van der Waals surface area contributed by atoms with Gasteiger partial charge in [-0.05, 0) is 38.8 Å². The molecule has 3 nitrogen and oxygen atoms in total. The monoisotopic (exact) mass is 280 g/mol. The fourth-order valence-corrected chi connectivity index (χ4v) is 3.90. The van der Waals surface area contributed by atoms with E-state index in [1.165, 1.54) is 0 Å². The first-order valence-corrected chi connectivity index (χ1v) is 7.96. The number of Topliss-reactive ketones (excluding diaryl/α,β-unsaturated/α-hetero) is 1. The summed E-state index contributed by atoms with van der Waals surface area (Å²) < 4.78 is 17.7. The Labute approximate surface area is 116 Å². The van der Waals surface area contributed by atoms with Crippen molar-refractivity contribution in [3.8, 4) is 0 Å². The zero-order valence-electron chi connectivity index (χ0n) is 11.6. The molecule has 4 heteroatoms. The van der Waals surface area contributed by atoms with E-state index < -0.39 is 10.8 Å². The number of ether oxygens (including phenoxy) is 1. The molecule has 0 spiro atoms. The van der Waals surface area contributed by atoms with Gasteiger partial charge in [0.2, 0.25) is 0 Å². The maximum atomic E-state index is 12.3. The molecule has 1 fully saturated rings. The van der Waals surface area contributed by atoms with E-state index in [2.05, 4.69) is 0 Å². The molecule has 1 aromatic rings. The minimum Gasteiger partial charge on any atom is -0.377 e. The third kappa shape index (κ3) is 3.31. The zero-order valence-corrected chi connectivity index (χ0v) is 12.5. The molecule has 0 saturated carbocycles. The van der Waals surface area contributed by atoms with Crippen molar-refractivity contribution in [2.75, 3.05) is 12.4 Å². The fraction of sp³-hybridized carbons (Fsp3) is 0.533. The lowest BCUT2D eigenvalue weighted by molar-refractivity contribution is 0.102. The van der Waals surface area contributed by atoms with Gasteiger partial charge in [0.05, 0.1) is 17.1 Å². The van der Waals surface area contributed by atoms with Crippen molar-refractivity contribution in [1.29, 1.82) is 0 Å². The Morgan fingerprint density at radius 3 is 2.79 bits per heavy atom. The highest BCUT2D eigenvalue weighted by molar-refractivity contribution is 7.86. The van der Waals surface area contributed by atoms with Crippen molar-refractivity contribution in [2.24, 2.45) is 0 Å². The van der Waals surface area contributed by atoms with Crippen LogP contribution in [-0.2, 0) is 15.5 Å². The van der Waals surface area contributed by atoms with E-state index in [1.54, 1.807) is 0 Å². The molecule has 1 saturated heterocycles. The number of aryl methyl sites for hydroxylation is 2. The lowest BCUT2D eigenvalue weighted by Gasteiger charge is -2.13. The molecule has 0 bridgehead atoms. The smallest absolute Gasteiger partial charge is 0.175 e. The molecule has 0 aromatic heterocycles. The van der Waals surface area contributed by atoms with Crippen molar-refractivity contribution in [3.63, 3.8) is 0 Å². The van der Waals surface area contributed by atoms with Crippen molar-refractivity contribution in [1.82, 2.24) is 0 Å². The summed E-state index contributed by atoms with van der Waals surface area (Å²) in [7, 11) is -1.15. The zero-order chi connectivity index (χ0) is 14.0. The van der Waals surface area contributed by atoms with Gasteiger partial charge in [-0.15, -0.1) is 0 Å². The van der Waals surface area contributed by atoms with E-state index in [9.17, 15) is 9.00 Å². The molecule has 3 unspecified atom stereocenters. The van der Waals surface area contributed by atoms with Crippen molar-refractivity contribution >= 4 is 16.6 Å². The van der Waals surface area contributed by atoms with E-state index in [1.807, 2.05) is 39.0 Å². The Kier molecular flexibility index (Phi) is 4.53. The highest BCUT2D eigenvalue weighted by Gasteiger charge is 2.30. The lowest BCUT2D eigenvalue weighted by atomic mass is 10.0. The Morgan fingerprint density at radius 1 is 1.42 bits per heavy atom. The highest BCUT2D eigenvalue weighted by Crippen LogP contribution is 2.20. The van der Waals surface area contributed by atoms with Gasteiger partial charge in [0.1, 0.15) is 0 Å². The predicted octanol–water partition coefficient (Wildman–Crippen LogP) is 2.41. The van der Waals surface area contributed by atoms with Crippen LogP contribution >= 0.6 is 0 Å². The Balaban J connectivity index is 2.08. The van der Waals surface area contributed by atoms with Crippen LogP contribution in [0.3, 0.4) is 0 Å². The SMILES string of the molecule is Cc1ccc(C)c(C(=O)CS(=O)C2CCOC2C)c1. The van der Waals surface area contributed by atoms with Gasteiger partial charge < -0.3 is 4.74 Å². The summed E-state index contributed by atoms with van der Waals surface area (Å²) in [6.45, 7) is 6.45. The molecule has 2 rings (SSSR count). The number of ketones is 1. The van der Waals surface area contributed by atoms with Crippen LogP contribution in [0.2, 0.25) is 0 Å². The van der Waals surface area contributed by atoms with Gasteiger partial charge in [0.15, 0.2) is 5.78 Å². The maximum absolute atomic E-state index is 12.3. The summed E-state index contributed by atoms with van der Waals surface area (Å²) in [5.41, 5.74) is 2.69. The normalized spacial score (nSPS) is 24.4. The average Bonchev–Trinajstić information content (AvgIpc) is 2.78. The van der Waals surface area contributed by atoms with Crippen LogP contribution in [0.25, 0.3) is 0 Å². The molecule has 1 heterocycles. The number of carbonyl (C=O) groups excluding carboxylic acids is 1. The minimum atomic E-state index is -1.15. The second kappa shape index (κ2) is 5.97. The van der Waals surface area contributed by atoms with Crippen LogP contribution in [0.1, 0.15) is 34.8 Å². The van der Waals surface area contributed by atoms with Crippen LogP contribution in [0.5, 0.6) is 0 Å². The van der Waals surface area contributed by atoms with Gasteiger partial charge in [-0.25, -0.2) is 0 Å². The van der Waals surface area contributed by atoms with Gasteiger partial charge >= 0.3 is 0 Å². The molecule has 0 aliphatic carbocycles. The van der Waals surface area contributed by atoms with E-state index >= 15 is 0 Å². The third-order valence-corrected chi connectivity index (χ3v) is 5.45. The number of benzene rings is 1. The average molecular weight is 280 g/mol. The Bertz CT molecular complexity index is 510. The van der Waals surface area contributed by atoms with Gasteiger partial charge in [0, 0.05) is 23.0 Å². The molecule has 0 N–H and O–H groups in total. The molecule has 3 atom stereocenters. The predicted molar refractivity (Wildman–Crippen MR) is 77.1 cm³/mol. The van der Waals surface area contributed by atoms with Crippen LogP contribution in [0.4, 0.5) is 0 Å². The molecule has 1 aliphatic heterocycles. The van der Waals surface area contributed by atoms with Gasteiger partial charge in [-0.1, -0.05) is 17.7 Å². The molecular weight excluding hydrogens is 260 g/mol. The number of hydrogen-bond donors (Lipinski definition) is 0. The fourth-order valence-electron chi connectivity index (χ4n) is 2.41. The van der Waals surface area contributed by atoms with Crippen LogP contribution in [-0.4, -0.2) is 33.7 Å². The molecule has 0 amide bonds. The lowest BCUT2D eigenvalue weighted by Crippen LogP contribution is -2.28. The minimum absolute atomic E-state index is 0.00550. The maximum Gasteiger partial charge on any atom is 0.175 e. The van der Waals surface area contributed by atoms with Gasteiger partial charge in [0.25, 0.3) is 0 Å². The van der Waals surface area contributed by atoms with E-state index in [-0.39, 0.29) is 22.9 Å². The summed E-state index contributed by atoms with van der Waals surface area (Å²) in [6.07, 6.45) is 0.778. The summed E-state index contributed by atoms with van der Waals surface area (Å²) in [5, 5.41) is -0.00550. The first-order chi connectivity index (χ1) is 8.99. The van der Waals surface area contributed by atoms with E-state index in [0.717, 1.165) is 17.5 Å². The van der Waals surface area contributed by atoms with Gasteiger partial charge in [-0.2, -0.15) is 0 Å². The second-order valence-electron chi connectivity index (χ2n) is 5.17. The summed E-state index contributed by atoms with van der Waals surface area (Å²) in [5.74, 6) is 0.0708. The number of rotatable bonds is 4. The summed E-state index contributed by atoms with van der Waals surface area (Å²) in [4.78, 5) is 12.3. The largest absolute Gasteiger partial charge is 0.377 e. The quantitative estimate of drug-likeness (QED) is 0.796. The van der Waals surface area contributed by atoms with Crippen molar-refractivity contribution < 1.29 is 13.7 Å². The summed E-state index contributed by atoms with van der Waals surface area (Å²) >= 11 is 0. The molecule has 1 aliphatic rings. The van der Waals surface area contributed by atoms with Crippen LogP contribution in [0, 0.1) is 13.8 Å². The first-order valence-electron chi connectivity index (χ1n) is 6.58. The highest BCUT2D eigenvalue weighted by atomic mass is 32.2. The standard InChI is InChI=1S/C15H20O3S/c1-10-4-5-11(2)13(8-10)14(16)9-19(17)15-6-7-18-12(15)3/h4-5,8,12,15H,6-7,9H2,1-3H3. The molecule has 1 aromatic carbocycles. The van der Waals surface area contributed by atoms with Gasteiger partial charge in [-0.3, -0.25) is 9.00 Å². The van der Waals surface area contributed by atoms with Crippen LogP contribution in [0.15, 0.2) is 18.2 Å². The Morgan fingerprint density at radius 2 is 2.16 bits per heavy atom. The third-order valence-electron chi connectivity index (χ3n) is 3.61. The van der Waals surface area contributed by atoms with Crippen molar-refractivity contribution in [2.45, 2.75) is 38.5 Å². The molecular formula is C15H20O3S. The van der Waals surface area contributed by atoms with Crippen LogP contribution < -0.4 is 0 Å². The number of hydrogen-bond acceptors (Lipinski definition) is 3. The Hall–Kier alpha value is -1.00. The van der Waals surface area contributed by atoms with Crippen molar-refractivity contribution in [3.05, 3.63) is 34.9 Å². The topological polar surface area (TPSA) is 43.4 Å². The first kappa shape index (κ1) is 14.4. The molecule has 0 radical (unpaired) electrons. The number of carbonyl (C=O) groups is 1. The van der Waals surface area contributed by atoms with E-state index in [4.69, 9.17) is 4.74 Å². The molecule has 19 heavy (non-hydrogen) atoms.